The van der Waals surface area contributed by atoms with Gasteiger partial charge in [-0.25, -0.2) is 0 Å². The topological polar surface area (TPSA) is 46.3 Å². The third-order valence-corrected chi connectivity index (χ3v) is 3.67. The summed E-state index contributed by atoms with van der Waals surface area (Å²) in [6.45, 7) is 5.00. The lowest BCUT2D eigenvalue weighted by Crippen LogP contribution is -2.48. The Hall–Kier alpha value is -1.35. The van der Waals surface area contributed by atoms with E-state index in [0.717, 1.165) is 12.1 Å². The molecule has 19 heavy (non-hydrogen) atoms. The molecule has 0 heterocycles. The quantitative estimate of drug-likeness (QED) is 0.852. The highest BCUT2D eigenvalue weighted by Crippen LogP contribution is 2.30. The van der Waals surface area contributed by atoms with E-state index in [-0.39, 0.29) is 11.9 Å². The van der Waals surface area contributed by atoms with Crippen LogP contribution in [0.3, 0.4) is 0 Å². The number of nitrogens with zero attached hydrogens (tertiary/aromatic N) is 1. The van der Waals surface area contributed by atoms with Crippen LogP contribution in [0.15, 0.2) is 30.3 Å². The SMILES string of the molecule is CC(C)N(CC1CC1)C(=O)[C@@H](N)Cc1ccccc1. The summed E-state index contributed by atoms with van der Waals surface area (Å²) in [6, 6.07) is 9.79. The molecule has 0 aromatic heterocycles. The van der Waals surface area contributed by atoms with Gasteiger partial charge in [-0.05, 0) is 44.6 Å². The summed E-state index contributed by atoms with van der Waals surface area (Å²) in [6.07, 6.45) is 3.13. The van der Waals surface area contributed by atoms with Gasteiger partial charge in [-0.15, -0.1) is 0 Å². The third-order valence-electron chi connectivity index (χ3n) is 3.67. The summed E-state index contributed by atoms with van der Waals surface area (Å²) in [5, 5.41) is 0. The van der Waals surface area contributed by atoms with Crippen molar-refractivity contribution in [2.24, 2.45) is 11.7 Å². The maximum absolute atomic E-state index is 12.5. The zero-order valence-electron chi connectivity index (χ0n) is 11.9. The first kappa shape index (κ1) is 14.1. The maximum Gasteiger partial charge on any atom is 0.240 e. The number of carbonyl (C=O) groups excluding carboxylic acids is 1. The van der Waals surface area contributed by atoms with E-state index in [1.807, 2.05) is 35.2 Å². The van der Waals surface area contributed by atoms with Crippen molar-refractivity contribution in [3.63, 3.8) is 0 Å². The number of nitrogens with two attached hydrogens (primary N) is 1. The lowest BCUT2D eigenvalue weighted by Gasteiger charge is -2.29. The monoisotopic (exact) mass is 260 g/mol. The average Bonchev–Trinajstić information content (AvgIpc) is 3.20. The van der Waals surface area contributed by atoms with Gasteiger partial charge in [-0.3, -0.25) is 4.79 Å². The van der Waals surface area contributed by atoms with Gasteiger partial charge < -0.3 is 10.6 Å². The molecule has 104 valence electrons. The molecule has 0 radical (unpaired) electrons. The van der Waals surface area contributed by atoms with Crippen LogP contribution in [0.1, 0.15) is 32.3 Å². The van der Waals surface area contributed by atoms with Gasteiger partial charge in [-0.2, -0.15) is 0 Å². The first-order valence-corrected chi connectivity index (χ1v) is 7.18. The van der Waals surface area contributed by atoms with Gasteiger partial charge in [0.05, 0.1) is 6.04 Å². The second kappa shape index (κ2) is 6.20. The van der Waals surface area contributed by atoms with E-state index in [9.17, 15) is 4.79 Å². The van der Waals surface area contributed by atoms with Crippen molar-refractivity contribution in [1.82, 2.24) is 4.90 Å². The predicted molar refractivity (Wildman–Crippen MR) is 77.7 cm³/mol. The van der Waals surface area contributed by atoms with Gasteiger partial charge in [0.2, 0.25) is 5.91 Å². The fourth-order valence-corrected chi connectivity index (χ4v) is 2.30. The minimum atomic E-state index is -0.427. The smallest absolute Gasteiger partial charge is 0.240 e. The van der Waals surface area contributed by atoms with E-state index in [1.54, 1.807) is 0 Å². The van der Waals surface area contributed by atoms with Crippen LogP contribution in [-0.2, 0) is 11.2 Å². The molecule has 1 aliphatic rings. The molecule has 0 spiro atoms. The number of hydrogen-bond acceptors (Lipinski definition) is 2. The molecule has 2 N–H and O–H groups in total. The van der Waals surface area contributed by atoms with Crippen LogP contribution in [0, 0.1) is 5.92 Å². The van der Waals surface area contributed by atoms with Crippen LogP contribution >= 0.6 is 0 Å². The van der Waals surface area contributed by atoms with Crippen LogP contribution in [0.5, 0.6) is 0 Å². The molecule has 1 aliphatic carbocycles. The number of benzene rings is 1. The number of rotatable bonds is 6. The van der Waals surface area contributed by atoms with Crippen molar-refractivity contribution < 1.29 is 4.79 Å². The Kier molecular flexibility index (Phi) is 4.59. The molecule has 3 nitrogen and oxygen atoms in total. The third kappa shape index (κ3) is 4.06. The first-order valence-electron chi connectivity index (χ1n) is 7.18. The molecule has 0 aliphatic heterocycles. The van der Waals surface area contributed by atoms with Crippen molar-refractivity contribution in [3.8, 4) is 0 Å². The molecule has 0 unspecified atom stereocenters. The molecule has 0 saturated heterocycles. The molecule has 0 bridgehead atoms. The summed E-state index contributed by atoms with van der Waals surface area (Å²) in [5.41, 5.74) is 7.22. The molecule has 3 heteroatoms. The van der Waals surface area contributed by atoms with Crippen molar-refractivity contribution in [3.05, 3.63) is 35.9 Å². The van der Waals surface area contributed by atoms with Crippen LogP contribution < -0.4 is 5.73 Å². The molecular weight excluding hydrogens is 236 g/mol. The number of carbonyl (C=O) groups is 1. The Morgan fingerprint density at radius 1 is 1.32 bits per heavy atom. The first-order chi connectivity index (χ1) is 9.08. The van der Waals surface area contributed by atoms with Gasteiger partial charge in [-0.1, -0.05) is 30.3 Å². The maximum atomic E-state index is 12.5. The molecule has 1 aromatic carbocycles. The normalized spacial score (nSPS) is 16.4. The molecule has 1 aromatic rings. The van der Waals surface area contributed by atoms with Gasteiger partial charge >= 0.3 is 0 Å². The fraction of sp³-hybridized carbons (Fsp3) is 0.562. The van der Waals surface area contributed by atoms with Gasteiger partial charge in [0.15, 0.2) is 0 Å². The van der Waals surface area contributed by atoms with E-state index in [2.05, 4.69) is 13.8 Å². The summed E-state index contributed by atoms with van der Waals surface area (Å²) < 4.78 is 0. The number of hydrogen-bond donors (Lipinski definition) is 1. The van der Waals surface area contributed by atoms with E-state index < -0.39 is 6.04 Å². The average molecular weight is 260 g/mol. The molecule has 1 atom stereocenters. The lowest BCUT2D eigenvalue weighted by atomic mass is 10.0. The van der Waals surface area contributed by atoms with Crippen molar-refractivity contribution in [2.75, 3.05) is 6.54 Å². The standard InChI is InChI=1S/C16H24N2O/c1-12(2)18(11-14-8-9-14)16(19)15(17)10-13-6-4-3-5-7-13/h3-7,12,14-15H,8-11,17H2,1-2H3/t15-/m0/s1. The highest BCUT2D eigenvalue weighted by Gasteiger charge is 2.30. The minimum absolute atomic E-state index is 0.0887. The van der Waals surface area contributed by atoms with Crippen LogP contribution in [-0.4, -0.2) is 29.4 Å². The second-order valence-electron chi connectivity index (χ2n) is 5.82. The van der Waals surface area contributed by atoms with Crippen LogP contribution in [0.4, 0.5) is 0 Å². The van der Waals surface area contributed by atoms with Gasteiger partial charge in [0.1, 0.15) is 0 Å². The summed E-state index contributed by atoms with van der Waals surface area (Å²) in [4.78, 5) is 14.4. The van der Waals surface area contributed by atoms with E-state index >= 15 is 0 Å². The fourth-order valence-electron chi connectivity index (χ4n) is 2.30. The lowest BCUT2D eigenvalue weighted by molar-refractivity contribution is -0.134. The highest BCUT2D eigenvalue weighted by molar-refractivity contribution is 5.82. The predicted octanol–water partition coefficient (Wildman–Crippen LogP) is 2.20. The van der Waals surface area contributed by atoms with Crippen molar-refractivity contribution in [1.29, 1.82) is 0 Å². The second-order valence-corrected chi connectivity index (χ2v) is 5.82. The zero-order chi connectivity index (χ0) is 13.8. The Bertz CT molecular complexity index is 412. The summed E-state index contributed by atoms with van der Waals surface area (Å²) >= 11 is 0. The van der Waals surface area contributed by atoms with E-state index in [1.165, 1.54) is 12.8 Å². The Morgan fingerprint density at radius 2 is 1.95 bits per heavy atom. The van der Waals surface area contributed by atoms with Crippen LogP contribution in [0.2, 0.25) is 0 Å². The molecule has 1 fully saturated rings. The molecule has 1 amide bonds. The summed E-state index contributed by atoms with van der Waals surface area (Å²) in [7, 11) is 0. The van der Waals surface area contributed by atoms with E-state index in [4.69, 9.17) is 5.73 Å². The van der Waals surface area contributed by atoms with Crippen molar-refractivity contribution in [2.45, 2.75) is 45.2 Å². The molecule has 2 rings (SSSR count). The van der Waals surface area contributed by atoms with E-state index in [0.29, 0.717) is 12.3 Å². The minimum Gasteiger partial charge on any atom is -0.339 e. The Morgan fingerprint density at radius 3 is 2.47 bits per heavy atom. The largest absolute Gasteiger partial charge is 0.339 e. The highest BCUT2D eigenvalue weighted by atomic mass is 16.2. The number of amides is 1. The molecular formula is C16H24N2O. The Labute approximate surface area is 115 Å². The Balaban J connectivity index is 1.95. The summed E-state index contributed by atoms with van der Waals surface area (Å²) in [5.74, 6) is 0.793. The van der Waals surface area contributed by atoms with Crippen molar-refractivity contribution >= 4 is 5.91 Å². The van der Waals surface area contributed by atoms with Gasteiger partial charge in [0.25, 0.3) is 0 Å². The molecule has 1 saturated carbocycles. The van der Waals surface area contributed by atoms with Crippen LogP contribution in [0.25, 0.3) is 0 Å². The zero-order valence-corrected chi connectivity index (χ0v) is 11.9. The van der Waals surface area contributed by atoms with Gasteiger partial charge in [0, 0.05) is 12.6 Å².